The molecule has 1 amide bonds. The highest BCUT2D eigenvalue weighted by atomic mass is 32.2. The Balaban J connectivity index is 1.70. The summed E-state index contributed by atoms with van der Waals surface area (Å²) in [4.78, 5) is 12.7. The van der Waals surface area contributed by atoms with Gasteiger partial charge in [0.25, 0.3) is 10.0 Å². The van der Waals surface area contributed by atoms with Crippen molar-refractivity contribution < 1.29 is 13.2 Å². The lowest BCUT2D eigenvalue weighted by Gasteiger charge is -2.20. The van der Waals surface area contributed by atoms with E-state index >= 15 is 0 Å². The van der Waals surface area contributed by atoms with Crippen LogP contribution in [0.2, 0.25) is 0 Å². The van der Waals surface area contributed by atoms with Crippen molar-refractivity contribution in [2.24, 2.45) is 5.92 Å². The third-order valence-corrected chi connectivity index (χ3v) is 6.72. The first-order valence-electron chi connectivity index (χ1n) is 9.73. The lowest BCUT2D eigenvalue weighted by atomic mass is 10.00. The van der Waals surface area contributed by atoms with E-state index < -0.39 is 10.0 Å². The topological polar surface area (TPSA) is 90.5 Å². The van der Waals surface area contributed by atoms with Crippen LogP contribution >= 0.6 is 0 Å². The highest BCUT2D eigenvalue weighted by Gasteiger charge is 2.30. The molecule has 8 heteroatoms. The Morgan fingerprint density at radius 2 is 1.86 bits per heavy atom. The second-order valence-electron chi connectivity index (χ2n) is 7.73. The second-order valence-corrected chi connectivity index (χ2v) is 9.70. The number of anilines is 2. The molecule has 1 aliphatic rings. The third-order valence-electron chi connectivity index (χ3n) is 4.93. The van der Waals surface area contributed by atoms with Gasteiger partial charge in [-0.2, -0.15) is 0 Å². The summed E-state index contributed by atoms with van der Waals surface area (Å²) in [5.41, 5.74) is 7.21. The summed E-state index contributed by atoms with van der Waals surface area (Å²) in [5, 5.41) is 2.82. The van der Waals surface area contributed by atoms with Crippen LogP contribution in [0.1, 0.15) is 26.7 Å². The molecule has 2 aromatic rings. The Labute approximate surface area is 172 Å². The van der Waals surface area contributed by atoms with E-state index in [9.17, 15) is 13.2 Å². The number of benzene rings is 2. The van der Waals surface area contributed by atoms with Gasteiger partial charge < -0.3 is 5.32 Å². The molecule has 2 aromatic carbocycles. The maximum atomic E-state index is 13.0. The van der Waals surface area contributed by atoms with Gasteiger partial charge in [-0.15, -0.1) is 0 Å². The lowest BCUT2D eigenvalue weighted by molar-refractivity contribution is -0.117. The minimum atomic E-state index is -3.74. The molecule has 1 saturated heterocycles. The van der Waals surface area contributed by atoms with Crippen molar-refractivity contribution in [2.75, 3.05) is 16.7 Å². The predicted octanol–water partition coefficient (Wildman–Crippen LogP) is 2.73. The van der Waals surface area contributed by atoms with E-state index in [1.807, 2.05) is 6.07 Å². The number of rotatable bonds is 7. The van der Waals surface area contributed by atoms with Crippen molar-refractivity contribution in [1.82, 2.24) is 10.9 Å². The standard InChI is InChI=1S/C21H28N4O3S/c1-15(2)12-17-14-20(24-23-17)21(26)22-16-8-7-11-19(13-16)29(27,28)25(3)18-9-5-4-6-10-18/h4-11,13,15,17,20,23-24H,12,14H2,1-3H3,(H,22,26). The number of nitrogens with one attached hydrogen (secondary N) is 3. The number of carbonyl (C=O) groups is 1. The van der Waals surface area contributed by atoms with Gasteiger partial charge in [0, 0.05) is 18.8 Å². The number of carbonyl (C=O) groups excluding carboxylic acids is 1. The summed E-state index contributed by atoms with van der Waals surface area (Å²) in [6.07, 6.45) is 1.68. The second kappa shape index (κ2) is 8.94. The number of amides is 1. The van der Waals surface area contributed by atoms with Gasteiger partial charge in [-0.05, 0) is 49.1 Å². The van der Waals surface area contributed by atoms with Gasteiger partial charge in [0.1, 0.15) is 6.04 Å². The number of hydrogen-bond donors (Lipinski definition) is 3. The molecule has 0 bridgehead atoms. The summed E-state index contributed by atoms with van der Waals surface area (Å²) in [5.74, 6) is 0.356. The maximum Gasteiger partial charge on any atom is 0.264 e. The fraction of sp³-hybridized carbons (Fsp3) is 0.381. The van der Waals surface area contributed by atoms with Crippen LogP contribution in [0.5, 0.6) is 0 Å². The number of para-hydroxylation sites is 1. The molecule has 2 unspecified atom stereocenters. The zero-order chi connectivity index (χ0) is 21.0. The van der Waals surface area contributed by atoms with Crippen molar-refractivity contribution in [3.63, 3.8) is 0 Å². The van der Waals surface area contributed by atoms with Gasteiger partial charge in [0.15, 0.2) is 0 Å². The van der Waals surface area contributed by atoms with Crippen LogP contribution in [0, 0.1) is 5.92 Å². The van der Waals surface area contributed by atoms with Gasteiger partial charge in [0.05, 0.1) is 10.6 Å². The fourth-order valence-electron chi connectivity index (χ4n) is 3.42. The van der Waals surface area contributed by atoms with Crippen LogP contribution < -0.4 is 20.5 Å². The van der Waals surface area contributed by atoms with E-state index in [2.05, 4.69) is 30.0 Å². The van der Waals surface area contributed by atoms with E-state index in [0.717, 1.165) is 6.42 Å². The molecule has 2 atom stereocenters. The van der Waals surface area contributed by atoms with E-state index in [4.69, 9.17) is 0 Å². The van der Waals surface area contributed by atoms with Crippen molar-refractivity contribution in [3.05, 3.63) is 54.6 Å². The Morgan fingerprint density at radius 3 is 2.55 bits per heavy atom. The Hall–Kier alpha value is -2.42. The number of hydrogen-bond acceptors (Lipinski definition) is 5. The van der Waals surface area contributed by atoms with Gasteiger partial charge >= 0.3 is 0 Å². The molecule has 1 heterocycles. The molecule has 3 rings (SSSR count). The largest absolute Gasteiger partial charge is 0.325 e. The van der Waals surface area contributed by atoms with Crippen molar-refractivity contribution in [1.29, 1.82) is 0 Å². The van der Waals surface area contributed by atoms with Crippen molar-refractivity contribution >= 4 is 27.3 Å². The van der Waals surface area contributed by atoms with Crippen molar-refractivity contribution in [3.8, 4) is 0 Å². The highest BCUT2D eigenvalue weighted by molar-refractivity contribution is 7.92. The van der Waals surface area contributed by atoms with E-state index in [-0.39, 0.29) is 22.9 Å². The van der Waals surface area contributed by atoms with Crippen LogP contribution in [0.4, 0.5) is 11.4 Å². The first kappa shape index (κ1) is 21.3. The summed E-state index contributed by atoms with van der Waals surface area (Å²) in [6.45, 7) is 4.29. The molecule has 1 aliphatic heterocycles. The summed E-state index contributed by atoms with van der Waals surface area (Å²) < 4.78 is 27.2. The van der Waals surface area contributed by atoms with Crippen LogP contribution in [0.25, 0.3) is 0 Å². The number of hydrazine groups is 1. The smallest absolute Gasteiger partial charge is 0.264 e. The average Bonchev–Trinajstić information content (AvgIpc) is 3.16. The van der Waals surface area contributed by atoms with E-state index in [1.54, 1.807) is 36.4 Å². The molecule has 0 aliphatic carbocycles. The van der Waals surface area contributed by atoms with Crippen LogP contribution in [0.15, 0.2) is 59.5 Å². The molecule has 0 radical (unpaired) electrons. The quantitative estimate of drug-likeness (QED) is 0.646. The molecular formula is C21H28N4O3S. The molecule has 7 nitrogen and oxygen atoms in total. The summed E-state index contributed by atoms with van der Waals surface area (Å²) in [6, 6.07) is 15.1. The zero-order valence-electron chi connectivity index (χ0n) is 16.9. The Bertz CT molecular complexity index is 947. The number of sulfonamides is 1. The van der Waals surface area contributed by atoms with Gasteiger partial charge in [0.2, 0.25) is 5.91 Å². The van der Waals surface area contributed by atoms with E-state index in [0.29, 0.717) is 23.7 Å². The Morgan fingerprint density at radius 1 is 1.14 bits per heavy atom. The Kier molecular flexibility index (Phi) is 6.56. The lowest BCUT2D eigenvalue weighted by Crippen LogP contribution is -2.40. The molecule has 3 N–H and O–H groups in total. The van der Waals surface area contributed by atoms with Crippen molar-refractivity contribution in [2.45, 2.75) is 43.7 Å². The molecule has 0 spiro atoms. The fourth-order valence-corrected chi connectivity index (χ4v) is 4.66. The molecule has 156 valence electrons. The minimum absolute atomic E-state index is 0.122. The summed E-state index contributed by atoms with van der Waals surface area (Å²) >= 11 is 0. The minimum Gasteiger partial charge on any atom is -0.325 e. The predicted molar refractivity (Wildman–Crippen MR) is 115 cm³/mol. The van der Waals surface area contributed by atoms with Crippen LogP contribution in [-0.2, 0) is 14.8 Å². The zero-order valence-corrected chi connectivity index (χ0v) is 17.7. The maximum absolute atomic E-state index is 13.0. The molecule has 0 aromatic heterocycles. The molecule has 0 saturated carbocycles. The normalized spacial score (nSPS) is 19.3. The number of nitrogens with zero attached hydrogens (tertiary/aromatic N) is 1. The van der Waals surface area contributed by atoms with Crippen LogP contribution in [-0.4, -0.2) is 33.5 Å². The average molecular weight is 417 g/mol. The SMILES string of the molecule is CC(C)CC1CC(C(=O)Nc2cccc(S(=O)(=O)N(C)c3ccccc3)c2)NN1. The van der Waals surface area contributed by atoms with Crippen LogP contribution in [0.3, 0.4) is 0 Å². The first-order chi connectivity index (χ1) is 13.8. The van der Waals surface area contributed by atoms with Gasteiger partial charge in [-0.3, -0.25) is 14.5 Å². The third kappa shape index (κ3) is 5.14. The first-order valence-corrected chi connectivity index (χ1v) is 11.2. The van der Waals surface area contributed by atoms with Gasteiger partial charge in [-0.1, -0.05) is 38.1 Å². The summed E-state index contributed by atoms with van der Waals surface area (Å²) in [7, 11) is -2.22. The van der Waals surface area contributed by atoms with Gasteiger partial charge in [-0.25, -0.2) is 13.8 Å². The molecular weight excluding hydrogens is 388 g/mol. The van der Waals surface area contributed by atoms with E-state index in [1.165, 1.54) is 23.5 Å². The molecule has 29 heavy (non-hydrogen) atoms. The highest BCUT2D eigenvalue weighted by Crippen LogP contribution is 2.24. The monoisotopic (exact) mass is 416 g/mol. The molecule has 1 fully saturated rings.